The van der Waals surface area contributed by atoms with E-state index in [1.807, 2.05) is 49.1 Å². The molecule has 0 saturated heterocycles. The van der Waals surface area contributed by atoms with E-state index in [0.29, 0.717) is 13.0 Å². The van der Waals surface area contributed by atoms with Crippen LogP contribution in [-0.4, -0.2) is 25.0 Å². The molecule has 0 bridgehead atoms. The van der Waals surface area contributed by atoms with Crippen LogP contribution in [-0.2, 0) is 4.79 Å². The van der Waals surface area contributed by atoms with Crippen molar-refractivity contribution in [3.8, 4) is 6.07 Å². The van der Waals surface area contributed by atoms with Crippen LogP contribution >= 0.6 is 0 Å². The van der Waals surface area contributed by atoms with Gasteiger partial charge in [0.05, 0.1) is 19.0 Å². The maximum Gasteiger partial charge on any atom is 0.239 e. The Kier molecular flexibility index (Phi) is 5.72. The number of benzene rings is 1. The summed E-state index contributed by atoms with van der Waals surface area (Å²) < 4.78 is 0. The van der Waals surface area contributed by atoms with Gasteiger partial charge in [-0.3, -0.25) is 4.79 Å². The van der Waals surface area contributed by atoms with Gasteiger partial charge in [0.15, 0.2) is 0 Å². The number of nitrogens with zero attached hydrogens (tertiary/aromatic N) is 2. The quantitative estimate of drug-likeness (QED) is 0.833. The Morgan fingerprint density at radius 3 is 2.61 bits per heavy atom. The van der Waals surface area contributed by atoms with Crippen molar-refractivity contribution in [3.63, 3.8) is 0 Å². The first kappa shape index (κ1) is 14.0. The number of para-hydroxylation sites is 1. The number of hydrogen-bond acceptors (Lipinski definition) is 3. The predicted octanol–water partition coefficient (Wildman–Crippen LogP) is 1.93. The van der Waals surface area contributed by atoms with E-state index in [0.717, 1.165) is 5.69 Å². The molecule has 1 rings (SSSR count). The second-order valence-electron chi connectivity index (χ2n) is 4.39. The van der Waals surface area contributed by atoms with Crippen molar-refractivity contribution in [2.75, 3.05) is 18.0 Å². The van der Waals surface area contributed by atoms with Crippen LogP contribution in [0.4, 0.5) is 5.69 Å². The lowest BCUT2D eigenvalue weighted by molar-refractivity contribution is -0.120. The summed E-state index contributed by atoms with van der Waals surface area (Å²) in [6, 6.07) is 11.9. The van der Waals surface area contributed by atoms with Gasteiger partial charge >= 0.3 is 0 Å². The van der Waals surface area contributed by atoms with Crippen molar-refractivity contribution < 1.29 is 4.79 Å². The van der Waals surface area contributed by atoms with Crippen LogP contribution < -0.4 is 10.2 Å². The smallest absolute Gasteiger partial charge is 0.239 e. The average Bonchev–Trinajstić information content (AvgIpc) is 2.34. The van der Waals surface area contributed by atoms with E-state index in [9.17, 15) is 4.79 Å². The van der Waals surface area contributed by atoms with Gasteiger partial charge in [-0.1, -0.05) is 18.2 Å². The monoisotopic (exact) mass is 245 g/mol. The Labute approximate surface area is 108 Å². The summed E-state index contributed by atoms with van der Waals surface area (Å²) in [5, 5.41) is 11.5. The van der Waals surface area contributed by atoms with Crippen molar-refractivity contribution in [2.45, 2.75) is 26.3 Å². The molecule has 0 aliphatic rings. The first-order valence-electron chi connectivity index (χ1n) is 6.09. The molecule has 1 aromatic rings. The molecule has 0 unspecified atom stereocenters. The number of nitriles is 1. The second-order valence-corrected chi connectivity index (χ2v) is 4.39. The normalized spacial score (nSPS) is 9.89. The van der Waals surface area contributed by atoms with Gasteiger partial charge < -0.3 is 10.2 Å². The highest BCUT2D eigenvalue weighted by Gasteiger charge is 2.11. The molecule has 0 aliphatic heterocycles. The van der Waals surface area contributed by atoms with Gasteiger partial charge in [-0.25, -0.2) is 0 Å². The van der Waals surface area contributed by atoms with Gasteiger partial charge in [0.2, 0.25) is 5.91 Å². The molecule has 4 nitrogen and oxygen atoms in total. The molecule has 18 heavy (non-hydrogen) atoms. The van der Waals surface area contributed by atoms with Gasteiger partial charge in [0, 0.05) is 18.3 Å². The number of carbonyl (C=O) groups excluding carboxylic acids is 1. The third kappa shape index (κ3) is 4.88. The second kappa shape index (κ2) is 7.33. The molecule has 1 N–H and O–H groups in total. The van der Waals surface area contributed by atoms with E-state index < -0.39 is 0 Å². The van der Waals surface area contributed by atoms with Crippen molar-refractivity contribution in [1.82, 2.24) is 5.32 Å². The number of hydrogen-bond donors (Lipinski definition) is 1. The van der Waals surface area contributed by atoms with Crippen LogP contribution in [0.2, 0.25) is 0 Å². The minimum absolute atomic E-state index is 0.0215. The zero-order valence-electron chi connectivity index (χ0n) is 10.9. The molecule has 4 heteroatoms. The van der Waals surface area contributed by atoms with Gasteiger partial charge in [-0.05, 0) is 26.0 Å². The molecule has 1 amide bonds. The molecule has 0 heterocycles. The Morgan fingerprint density at radius 1 is 1.39 bits per heavy atom. The molecule has 1 aromatic carbocycles. The summed E-state index contributed by atoms with van der Waals surface area (Å²) in [5.41, 5.74) is 0.964. The number of amides is 1. The molecule has 0 aromatic heterocycles. The molecule has 0 aliphatic carbocycles. The lowest BCUT2D eigenvalue weighted by Crippen LogP contribution is -2.40. The van der Waals surface area contributed by atoms with E-state index in [4.69, 9.17) is 5.26 Å². The number of nitrogens with one attached hydrogen (secondary N) is 1. The summed E-state index contributed by atoms with van der Waals surface area (Å²) >= 11 is 0. The first-order chi connectivity index (χ1) is 8.63. The molecule has 0 saturated carbocycles. The Morgan fingerprint density at radius 2 is 2.06 bits per heavy atom. The third-order valence-corrected chi connectivity index (χ3v) is 2.40. The highest BCUT2D eigenvalue weighted by atomic mass is 16.2. The zero-order valence-corrected chi connectivity index (χ0v) is 10.9. The van der Waals surface area contributed by atoms with Crippen LogP contribution in [0.3, 0.4) is 0 Å². The van der Waals surface area contributed by atoms with E-state index in [1.165, 1.54) is 0 Å². The van der Waals surface area contributed by atoms with E-state index in [2.05, 4.69) is 11.4 Å². The molecule has 0 atom stereocenters. The van der Waals surface area contributed by atoms with Gasteiger partial charge in [0.1, 0.15) is 0 Å². The standard InChI is InChI=1S/C14H19N3O/c1-12(2)16-14(18)11-17(10-6-9-15)13-7-4-3-5-8-13/h3-5,7-8,12H,6,10-11H2,1-2H3,(H,16,18). The topological polar surface area (TPSA) is 56.1 Å². The molecule has 0 fully saturated rings. The fourth-order valence-corrected chi connectivity index (χ4v) is 1.66. The molecular formula is C14H19N3O. The van der Waals surface area contributed by atoms with E-state index >= 15 is 0 Å². The van der Waals surface area contributed by atoms with Crippen LogP contribution in [0, 0.1) is 11.3 Å². The van der Waals surface area contributed by atoms with Gasteiger partial charge in [-0.2, -0.15) is 5.26 Å². The average molecular weight is 245 g/mol. The Hall–Kier alpha value is -2.02. The summed E-state index contributed by atoms with van der Waals surface area (Å²) in [4.78, 5) is 13.7. The molecule has 0 spiro atoms. The zero-order chi connectivity index (χ0) is 13.4. The molecule has 96 valence electrons. The van der Waals surface area contributed by atoms with Gasteiger partial charge in [0.25, 0.3) is 0 Å². The minimum Gasteiger partial charge on any atom is -0.361 e. The number of rotatable bonds is 6. The fourth-order valence-electron chi connectivity index (χ4n) is 1.66. The van der Waals surface area contributed by atoms with Crippen LogP contribution in [0.15, 0.2) is 30.3 Å². The fraction of sp³-hybridized carbons (Fsp3) is 0.429. The number of anilines is 1. The summed E-state index contributed by atoms with van der Waals surface area (Å²) in [6.45, 7) is 4.70. The van der Waals surface area contributed by atoms with Crippen LogP contribution in [0.5, 0.6) is 0 Å². The largest absolute Gasteiger partial charge is 0.361 e. The van der Waals surface area contributed by atoms with Gasteiger partial charge in [-0.15, -0.1) is 0 Å². The minimum atomic E-state index is -0.0215. The number of carbonyl (C=O) groups is 1. The lowest BCUT2D eigenvalue weighted by atomic mass is 10.2. The first-order valence-corrected chi connectivity index (χ1v) is 6.09. The Bertz CT molecular complexity index is 409. The predicted molar refractivity (Wildman–Crippen MR) is 72.2 cm³/mol. The summed E-state index contributed by atoms with van der Waals surface area (Å²) in [5.74, 6) is -0.0215. The van der Waals surface area contributed by atoms with Crippen LogP contribution in [0.1, 0.15) is 20.3 Å². The summed E-state index contributed by atoms with van der Waals surface area (Å²) in [7, 11) is 0. The SMILES string of the molecule is CC(C)NC(=O)CN(CCC#N)c1ccccc1. The van der Waals surface area contributed by atoms with Crippen molar-refractivity contribution in [3.05, 3.63) is 30.3 Å². The third-order valence-electron chi connectivity index (χ3n) is 2.40. The Balaban J connectivity index is 2.68. The lowest BCUT2D eigenvalue weighted by Gasteiger charge is -2.23. The maximum absolute atomic E-state index is 11.8. The van der Waals surface area contributed by atoms with E-state index in [1.54, 1.807) is 0 Å². The highest BCUT2D eigenvalue weighted by molar-refractivity contribution is 5.81. The highest BCUT2D eigenvalue weighted by Crippen LogP contribution is 2.13. The summed E-state index contributed by atoms with van der Waals surface area (Å²) in [6.07, 6.45) is 0.407. The van der Waals surface area contributed by atoms with E-state index in [-0.39, 0.29) is 18.5 Å². The maximum atomic E-state index is 11.8. The van der Waals surface area contributed by atoms with Crippen LogP contribution in [0.25, 0.3) is 0 Å². The van der Waals surface area contributed by atoms with Crippen molar-refractivity contribution >= 4 is 11.6 Å². The molecular weight excluding hydrogens is 226 g/mol. The van der Waals surface area contributed by atoms with Crippen molar-refractivity contribution in [2.24, 2.45) is 0 Å². The van der Waals surface area contributed by atoms with Crippen molar-refractivity contribution in [1.29, 1.82) is 5.26 Å². The molecule has 0 radical (unpaired) electrons.